The van der Waals surface area contributed by atoms with Gasteiger partial charge < -0.3 is 9.73 Å². The minimum Gasteiger partial charge on any atom is -0.408 e. The van der Waals surface area contributed by atoms with Gasteiger partial charge in [0.05, 0.1) is 5.52 Å². The van der Waals surface area contributed by atoms with E-state index in [1.165, 1.54) is 0 Å². The van der Waals surface area contributed by atoms with Crippen molar-refractivity contribution >= 4 is 22.7 Å². The molecule has 2 N–H and O–H groups in total. The molecule has 0 radical (unpaired) electrons. The Balaban J connectivity index is 2.32. The number of carbonyl (C=O) groups excluding carboxylic acids is 1. The number of fused-ring (bicyclic) bond motifs is 1. The Morgan fingerprint density at radius 1 is 1.44 bits per heavy atom. The SMILES string of the molecule is CC(C)C(=O)Nc1ccc2[nH]c(=O)oc2c1. The zero-order chi connectivity index (χ0) is 11.7. The number of hydrogen-bond acceptors (Lipinski definition) is 3. The molecule has 0 unspecified atom stereocenters. The summed E-state index contributed by atoms with van der Waals surface area (Å²) < 4.78 is 4.89. The molecule has 0 aliphatic carbocycles. The summed E-state index contributed by atoms with van der Waals surface area (Å²) in [5, 5.41) is 2.73. The first-order valence-electron chi connectivity index (χ1n) is 5.00. The van der Waals surface area contributed by atoms with Crippen LogP contribution in [0.1, 0.15) is 13.8 Å². The minimum atomic E-state index is -0.498. The summed E-state index contributed by atoms with van der Waals surface area (Å²) in [6.07, 6.45) is 0. The molecular formula is C11H12N2O3. The minimum absolute atomic E-state index is 0.0720. The van der Waals surface area contributed by atoms with Crippen molar-refractivity contribution in [3.8, 4) is 0 Å². The van der Waals surface area contributed by atoms with E-state index in [1.807, 2.05) is 13.8 Å². The first-order valence-corrected chi connectivity index (χ1v) is 5.00. The first kappa shape index (κ1) is 10.5. The molecule has 0 bridgehead atoms. The van der Waals surface area contributed by atoms with Crippen LogP contribution in [-0.4, -0.2) is 10.9 Å². The summed E-state index contributed by atoms with van der Waals surface area (Å²) in [5.41, 5.74) is 1.67. The van der Waals surface area contributed by atoms with Crippen LogP contribution in [-0.2, 0) is 4.79 Å². The highest BCUT2D eigenvalue weighted by Crippen LogP contribution is 2.16. The number of amides is 1. The second-order valence-corrected chi connectivity index (χ2v) is 3.87. The van der Waals surface area contributed by atoms with Crippen molar-refractivity contribution in [2.75, 3.05) is 5.32 Å². The number of H-pyrrole nitrogens is 1. The number of hydrogen-bond donors (Lipinski definition) is 2. The summed E-state index contributed by atoms with van der Waals surface area (Å²) >= 11 is 0. The predicted octanol–water partition coefficient (Wildman–Crippen LogP) is 1.72. The summed E-state index contributed by atoms with van der Waals surface area (Å²) in [4.78, 5) is 24.9. The fourth-order valence-electron chi connectivity index (χ4n) is 1.31. The van der Waals surface area contributed by atoms with Crippen LogP contribution in [0.3, 0.4) is 0 Å². The van der Waals surface area contributed by atoms with E-state index in [4.69, 9.17) is 4.42 Å². The van der Waals surface area contributed by atoms with Gasteiger partial charge in [0.25, 0.3) is 0 Å². The van der Waals surface area contributed by atoms with Crippen LogP contribution >= 0.6 is 0 Å². The average Bonchev–Trinajstić information content (AvgIpc) is 2.57. The highest BCUT2D eigenvalue weighted by molar-refractivity contribution is 5.93. The number of benzene rings is 1. The fourth-order valence-corrected chi connectivity index (χ4v) is 1.31. The van der Waals surface area contributed by atoms with Gasteiger partial charge in [0, 0.05) is 17.7 Å². The molecule has 0 fully saturated rings. The normalized spacial score (nSPS) is 10.9. The molecule has 2 rings (SSSR count). The molecule has 1 aromatic carbocycles. The van der Waals surface area contributed by atoms with E-state index in [2.05, 4.69) is 10.3 Å². The Kier molecular flexibility index (Phi) is 2.52. The molecule has 5 nitrogen and oxygen atoms in total. The molecular weight excluding hydrogens is 208 g/mol. The van der Waals surface area contributed by atoms with Crippen LogP contribution in [0.4, 0.5) is 5.69 Å². The Morgan fingerprint density at radius 3 is 2.88 bits per heavy atom. The standard InChI is InChI=1S/C11H12N2O3/c1-6(2)10(14)12-7-3-4-8-9(5-7)16-11(15)13-8/h3-6H,1-2H3,(H,12,14)(H,13,15). The maximum absolute atomic E-state index is 11.4. The van der Waals surface area contributed by atoms with Crippen LogP contribution in [0.2, 0.25) is 0 Å². The van der Waals surface area contributed by atoms with Crippen LogP contribution in [0.5, 0.6) is 0 Å². The highest BCUT2D eigenvalue weighted by atomic mass is 16.4. The average molecular weight is 220 g/mol. The van der Waals surface area contributed by atoms with Crippen molar-refractivity contribution in [2.45, 2.75) is 13.8 Å². The third-order valence-corrected chi connectivity index (χ3v) is 2.21. The monoisotopic (exact) mass is 220 g/mol. The van der Waals surface area contributed by atoms with Gasteiger partial charge in [-0.05, 0) is 12.1 Å². The third kappa shape index (κ3) is 1.98. The molecule has 0 atom stereocenters. The summed E-state index contributed by atoms with van der Waals surface area (Å²) in [6.45, 7) is 3.62. The van der Waals surface area contributed by atoms with Crippen molar-refractivity contribution in [1.82, 2.24) is 4.98 Å². The number of nitrogens with one attached hydrogen (secondary N) is 2. The van der Waals surface area contributed by atoms with Gasteiger partial charge in [-0.1, -0.05) is 13.8 Å². The molecule has 1 heterocycles. The molecule has 0 spiro atoms. The molecule has 5 heteroatoms. The number of carbonyl (C=O) groups is 1. The lowest BCUT2D eigenvalue weighted by atomic mass is 10.2. The van der Waals surface area contributed by atoms with Crippen molar-refractivity contribution < 1.29 is 9.21 Å². The van der Waals surface area contributed by atoms with Gasteiger partial charge in [0.1, 0.15) is 0 Å². The lowest BCUT2D eigenvalue weighted by molar-refractivity contribution is -0.118. The first-order chi connectivity index (χ1) is 7.56. The van der Waals surface area contributed by atoms with E-state index in [-0.39, 0.29) is 11.8 Å². The second-order valence-electron chi connectivity index (χ2n) is 3.87. The number of aromatic nitrogens is 1. The molecule has 84 valence electrons. The largest absolute Gasteiger partial charge is 0.417 e. The highest BCUT2D eigenvalue weighted by Gasteiger charge is 2.08. The fraction of sp³-hybridized carbons (Fsp3) is 0.273. The summed E-state index contributed by atoms with van der Waals surface area (Å²) in [7, 11) is 0. The molecule has 16 heavy (non-hydrogen) atoms. The predicted molar refractivity (Wildman–Crippen MR) is 60.3 cm³/mol. The summed E-state index contributed by atoms with van der Waals surface area (Å²) in [5.74, 6) is -0.659. The van der Waals surface area contributed by atoms with E-state index >= 15 is 0 Å². The van der Waals surface area contributed by atoms with Gasteiger partial charge in [0.15, 0.2) is 5.58 Å². The van der Waals surface area contributed by atoms with Crippen LogP contribution in [0.25, 0.3) is 11.1 Å². The van der Waals surface area contributed by atoms with Crippen molar-refractivity contribution in [3.05, 3.63) is 28.7 Å². The summed E-state index contributed by atoms with van der Waals surface area (Å²) in [6, 6.07) is 5.03. The molecule has 1 amide bonds. The second kappa shape index (κ2) is 3.84. The van der Waals surface area contributed by atoms with Gasteiger partial charge in [0.2, 0.25) is 5.91 Å². The molecule has 2 aromatic rings. The smallest absolute Gasteiger partial charge is 0.408 e. The van der Waals surface area contributed by atoms with E-state index < -0.39 is 5.76 Å². The van der Waals surface area contributed by atoms with Gasteiger partial charge in [-0.25, -0.2) is 4.79 Å². The maximum Gasteiger partial charge on any atom is 0.417 e. The van der Waals surface area contributed by atoms with E-state index in [1.54, 1.807) is 18.2 Å². The molecule has 1 aromatic heterocycles. The zero-order valence-electron chi connectivity index (χ0n) is 9.03. The van der Waals surface area contributed by atoms with E-state index in [9.17, 15) is 9.59 Å². The number of anilines is 1. The van der Waals surface area contributed by atoms with Gasteiger partial charge in [-0.2, -0.15) is 0 Å². The van der Waals surface area contributed by atoms with Gasteiger partial charge in [-0.3, -0.25) is 9.78 Å². The molecule has 0 saturated carbocycles. The number of aromatic amines is 1. The Hall–Kier alpha value is -2.04. The molecule has 0 saturated heterocycles. The molecule has 0 aliphatic heterocycles. The lowest BCUT2D eigenvalue weighted by Gasteiger charge is -2.06. The zero-order valence-corrected chi connectivity index (χ0v) is 9.03. The molecule has 0 aliphatic rings. The number of oxazole rings is 1. The quantitative estimate of drug-likeness (QED) is 0.809. The number of rotatable bonds is 2. The van der Waals surface area contributed by atoms with E-state index in [0.29, 0.717) is 16.8 Å². The van der Waals surface area contributed by atoms with Crippen LogP contribution in [0, 0.1) is 5.92 Å². The van der Waals surface area contributed by atoms with E-state index in [0.717, 1.165) is 0 Å². The van der Waals surface area contributed by atoms with Gasteiger partial charge >= 0.3 is 5.76 Å². The topological polar surface area (TPSA) is 75.1 Å². The van der Waals surface area contributed by atoms with Crippen LogP contribution in [0.15, 0.2) is 27.4 Å². The maximum atomic E-state index is 11.4. The van der Waals surface area contributed by atoms with Crippen molar-refractivity contribution in [1.29, 1.82) is 0 Å². The van der Waals surface area contributed by atoms with Gasteiger partial charge in [-0.15, -0.1) is 0 Å². The van der Waals surface area contributed by atoms with Crippen LogP contribution < -0.4 is 11.1 Å². The third-order valence-electron chi connectivity index (χ3n) is 2.21. The van der Waals surface area contributed by atoms with Crippen molar-refractivity contribution in [3.63, 3.8) is 0 Å². The lowest BCUT2D eigenvalue weighted by Crippen LogP contribution is -2.17. The Bertz CT molecular complexity index is 580. The Morgan fingerprint density at radius 2 is 2.19 bits per heavy atom. The Labute approximate surface area is 91.5 Å². The van der Waals surface area contributed by atoms with Crippen molar-refractivity contribution in [2.24, 2.45) is 5.92 Å².